The van der Waals surface area contributed by atoms with E-state index in [1.165, 1.54) is 9.75 Å². The Morgan fingerprint density at radius 1 is 1.25 bits per heavy atom. The van der Waals surface area contributed by atoms with Crippen LogP contribution in [0.4, 0.5) is 0 Å². The van der Waals surface area contributed by atoms with Crippen molar-refractivity contribution in [2.24, 2.45) is 0 Å². The van der Waals surface area contributed by atoms with Gasteiger partial charge in [0.1, 0.15) is 0 Å². The molecule has 1 atom stereocenters. The number of benzene rings is 1. The van der Waals surface area contributed by atoms with Gasteiger partial charge >= 0.3 is 0 Å². The van der Waals surface area contributed by atoms with Crippen LogP contribution in [0.3, 0.4) is 0 Å². The van der Waals surface area contributed by atoms with Gasteiger partial charge in [-0.2, -0.15) is 0 Å². The van der Waals surface area contributed by atoms with Crippen LogP contribution in [0.25, 0.3) is 0 Å². The van der Waals surface area contributed by atoms with Gasteiger partial charge in [0.25, 0.3) is 0 Å². The van der Waals surface area contributed by atoms with Crippen LogP contribution in [-0.4, -0.2) is 0 Å². The summed E-state index contributed by atoms with van der Waals surface area (Å²) in [5.74, 6) is 0. The third kappa shape index (κ3) is 2.70. The first-order valence-corrected chi connectivity index (χ1v) is 7.63. The molecule has 0 saturated heterocycles. The summed E-state index contributed by atoms with van der Waals surface area (Å²) in [6.45, 7) is 2.11. The van der Waals surface area contributed by atoms with E-state index in [0.717, 1.165) is 15.1 Å². The van der Waals surface area contributed by atoms with Crippen molar-refractivity contribution in [1.29, 1.82) is 0 Å². The van der Waals surface area contributed by atoms with Crippen molar-refractivity contribution in [3.05, 3.63) is 55.1 Å². The molecule has 1 unspecified atom stereocenters. The lowest BCUT2D eigenvalue weighted by Gasteiger charge is -2.10. The van der Waals surface area contributed by atoms with Crippen molar-refractivity contribution >= 4 is 54.8 Å². The topological polar surface area (TPSA) is 0 Å². The number of rotatable bonds is 2. The van der Waals surface area contributed by atoms with Crippen LogP contribution >= 0.6 is 54.8 Å². The summed E-state index contributed by atoms with van der Waals surface area (Å²) in [5, 5.41) is 0.780. The van der Waals surface area contributed by atoms with Crippen molar-refractivity contribution in [3.8, 4) is 0 Å². The fourth-order valence-corrected chi connectivity index (χ4v) is 4.07. The van der Waals surface area contributed by atoms with Crippen molar-refractivity contribution in [1.82, 2.24) is 0 Å². The molecule has 0 N–H and O–H groups in total. The van der Waals surface area contributed by atoms with E-state index in [9.17, 15) is 0 Å². The highest BCUT2D eigenvalue weighted by molar-refractivity contribution is 9.10. The first-order chi connectivity index (χ1) is 7.58. The van der Waals surface area contributed by atoms with E-state index < -0.39 is 0 Å². The Kier molecular flexibility index (Phi) is 4.11. The van der Waals surface area contributed by atoms with Gasteiger partial charge in [-0.25, -0.2) is 0 Å². The van der Waals surface area contributed by atoms with Crippen LogP contribution in [0.5, 0.6) is 0 Å². The molecule has 0 aliphatic rings. The minimum atomic E-state index is 0.173. The van der Waals surface area contributed by atoms with Gasteiger partial charge in [-0.3, -0.25) is 0 Å². The normalized spacial score (nSPS) is 12.8. The maximum Gasteiger partial charge on any atom is 0.0752 e. The molecule has 0 saturated carbocycles. The van der Waals surface area contributed by atoms with Crippen LogP contribution in [0.15, 0.2) is 34.8 Å². The molecule has 0 aliphatic heterocycles. The average molecular weight is 381 g/mol. The van der Waals surface area contributed by atoms with Gasteiger partial charge in [-0.15, -0.1) is 11.3 Å². The summed E-state index contributed by atoms with van der Waals surface area (Å²) in [5.41, 5.74) is 1.10. The number of thiophene rings is 1. The summed E-state index contributed by atoms with van der Waals surface area (Å²) in [4.78, 5) is 2.77. The van der Waals surface area contributed by atoms with E-state index in [4.69, 9.17) is 11.6 Å². The number of halogens is 3. The first kappa shape index (κ1) is 12.6. The third-order valence-corrected chi connectivity index (χ3v) is 5.42. The highest BCUT2D eigenvalue weighted by Gasteiger charge is 2.15. The second kappa shape index (κ2) is 5.21. The lowest BCUT2D eigenvalue weighted by Crippen LogP contribution is -1.90. The Bertz CT molecular complexity index is 507. The molecule has 0 fully saturated rings. The van der Waals surface area contributed by atoms with Crippen LogP contribution in [-0.2, 0) is 0 Å². The number of alkyl halides is 1. The maximum atomic E-state index is 6.23. The fraction of sp³-hybridized carbons (Fsp3) is 0.167. The first-order valence-electron chi connectivity index (χ1n) is 4.73. The van der Waals surface area contributed by atoms with Crippen molar-refractivity contribution in [2.75, 3.05) is 0 Å². The summed E-state index contributed by atoms with van der Waals surface area (Å²) >= 11 is 15.1. The zero-order chi connectivity index (χ0) is 11.7. The van der Waals surface area contributed by atoms with Crippen LogP contribution in [0.2, 0.25) is 5.02 Å². The molecule has 2 aromatic rings. The van der Waals surface area contributed by atoms with Gasteiger partial charge in [0.05, 0.1) is 4.83 Å². The van der Waals surface area contributed by atoms with Gasteiger partial charge in [-0.05, 0) is 36.8 Å². The molecule has 1 heterocycles. The van der Waals surface area contributed by atoms with Crippen LogP contribution < -0.4 is 0 Å². The molecule has 0 amide bonds. The Hall–Kier alpha value is 0.170. The van der Waals surface area contributed by atoms with E-state index in [-0.39, 0.29) is 4.83 Å². The SMILES string of the molecule is Cc1ccc(C(Br)c2ccc(Br)cc2Cl)s1. The predicted octanol–water partition coefficient (Wildman–Crippen LogP) is 5.96. The van der Waals surface area contributed by atoms with E-state index in [1.54, 1.807) is 11.3 Å². The van der Waals surface area contributed by atoms with E-state index in [1.807, 2.05) is 18.2 Å². The molecule has 4 heteroatoms. The molecular formula is C12H9Br2ClS. The molecular weight excluding hydrogens is 371 g/mol. The van der Waals surface area contributed by atoms with Gasteiger partial charge < -0.3 is 0 Å². The molecule has 0 bridgehead atoms. The van der Waals surface area contributed by atoms with Crippen molar-refractivity contribution in [3.63, 3.8) is 0 Å². The van der Waals surface area contributed by atoms with Gasteiger partial charge in [0, 0.05) is 19.2 Å². The quantitative estimate of drug-likeness (QED) is 0.564. The second-order valence-electron chi connectivity index (χ2n) is 3.48. The molecule has 1 aromatic carbocycles. The summed E-state index contributed by atoms with van der Waals surface area (Å²) in [6, 6.07) is 10.2. The molecule has 0 radical (unpaired) electrons. The molecule has 0 spiro atoms. The Balaban J connectivity index is 2.37. The Labute approximate surface area is 121 Å². The van der Waals surface area contributed by atoms with Gasteiger partial charge in [-0.1, -0.05) is 49.5 Å². The Morgan fingerprint density at radius 2 is 2.00 bits per heavy atom. The van der Waals surface area contributed by atoms with E-state index >= 15 is 0 Å². The van der Waals surface area contributed by atoms with Gasteiger partial charge in [0.2, 0.25) is 0 Å². The average Bonchev–Trinajstić information content (AvgIpc) is 2.64. The lowest BCUT2D eigenvalue weighted by atomic mass is 10.1. The van der Waals surface area contributed by atoms with Crippen LogP contribution in [0, 0.1) is 6.92 Å². The van der Waals surface area contributed by atoms with Crippen molar-refractivity contribution in [2.45, 2.75) is 11.8 Å². The van der Waals surface area contributed by atoms with Gasteiger partial charge in [0.15, 0.2) is 0 Å². The molecule has 2 rings (SSSR count). The monoisotopic (exact) mass is 378 g/mol. The molecule has 1 aromatic heterocycles. The summed E-state index contributed by atoms with van der Waals surface area (Å²) < 4.78 is 1.00. The van der Waals surface area contributed by atoms with Crippen LogP contribution in [0.1, 0.15) is 20.1 Å². The number of aryl methyl sites for hydroxylation is 1. The molecule has 84 valence electrons. The highest BCUT2D eigenvalue weighted by Crippen LogP contribution is 2.39. The second-order valence-corrected chi connectivity index (χ2v) is 7.03. The fourth-order valence-electron chi connectivity index (χ4n) is 1.45. The summed E-state index contributed by atoms with van der Waals surface area (Å²) in [7, 11) is 0. The molecule has 0 aliphatic carbocycles. The van der Waals surface area contributed by atoms with E-state index in [0.29, 0.717) is 0 Å². The Morgan fingerprint density at radius 3 is 2.56 bits per heavy atom. The molecule has 16 heavy (non-hydrogen) atoms. The third-order valence-electron chi connectivity index (χ3n) is 2.25. The number of hydrogen-bond acceptors (Lipinski definition) is 1. The standard InChI is InChI=1S/C12H9Br2ClS/c1-7-2-5-11(16-7)12(14)9-4-3-8(13)6-10(9)15/h2-6,12H,1H3. The number of hydrogen-bond donors (Lipinski definition) is 0. The predicted molar refractivity (Wildman–Crippen MR) is 79.0 cm³/mol. The zero-order valence-corrected chi connectivity index (χ0v) is 13.3. The minimum absolute atomic E-state index is 0.173. The highest BCUT2D eigenvalue weighted by atomic mass is 79.9. The summed E-state index contributed by atoms with van der Waals surface area (Å²) in [6.07, 6.45) is 0. The molecule has 0 nitrogen and oxygen atoms in total. The minimum Gasteiger partial charge on any atom is -0.144 e. The lowest BCUT2D eigenvalue weighted by molar-refractivity contribution is 1.22. The zero-order valence-electron chi connectivity index (χ0n) is 8.51. The van der Waals surface area contributed by atoms with Crippen molar-refractivity contribution < 1.29 is 0 Å². The maximum absolute atomic E-state index is 6.23. The van der Waals surface area contributed by atoms with E-state index in [2.05, 4.69) is 50.9 Å². The largest absolute Gasteiger partial charge is 0.144 e. The smallest absolute Gasteiger partial charge is 0.0752 e.